The molecule has 0 aromatic rings. The molecule has 8 aliphatic carbocycles. The molecule has 8 fully saturated rings. The minimum Gasteiger partial charge on any atom is -0.347 e. The van der Waals surface area contributed by atoms with Crippen LogP contribution in [-0.4, -0.2) is 51.6 Å². The molecule has 0 saturated heterocycles. The van der Waals surface area contributed by atoms with Crippen LogP contribution in [0, 0.1) is 47.3 Å². The number of rotatable bonds is 4. The zero-order valence-corrected chi connectivity index (χ0v) is 13.1. The summed E-state index contributed by atoms with van der Waals surface area (Å²) in [5, 5.41) is 0. The molecule has 6 nitrogen and oxygen atoms in total. The molecule has 8 atom stereocenters. The van der Waals surface area contributed by atoms with Crippen molar-refractivity contribution >= 4 is 11.6 Å². The van der Waals surface area contributed by atoms with Gasteiger partial charge in [0.05, 0.1) is 0 Å². The number of ketones is 2. The third kappa shape index (κ3) is 0.916. The number of carbonyl (C=O) groups is 2. The number of carbonyl (C=O) groups excluding carboxylic acids is 2. The van der Waals surface area contributed by atoms with Crippen LogP contribution in [0.15, 0.2) is 0 Å². The fourth-order valence-electron chi connectivity index (χ4n) is 7.16. The van der Waals surface area contributed by atoms with Crippen molar-refractivity contribution in [1.82, 2.24) is 0 Å². The standard InChI is InChI=1S/C16H20O6/c1-19-15(20-2)11-7-5-6-8(9(5)13(15)17)12(11)16(21-3,22-4)14(18)10(6)7/h5-12H,1-4H3/t5-,6-,7+,8+,9-,10-,11-,12+/m0/s1. The quantitative estimate of drug-likeness (QED) is 0.686. The van der Waals surface area contributed by atoms with E-state index in [4.69, 9.17) is 18.9 Å². The van der Waals surface area contributed by atoms with Gasteiger partial charge in [-0.05, 0) is 23.7 Å². The molecule has 0 N–H and O–H groups in total. The summed E-state index contributed by atoms with van der Waals surface area (Å²) >= 11 is 0. The average Bonchev–Trinajstić information content (AvgIpc) is 2.52. The van der Waals surface area contributed by atoms with Crippen molar-refractivity contribution in [2.45, 2.75) is 11.6 Å². The van der Waals surface area contributed by atoms with Gasteiger partial charge in [0.2, 0.25) is 11.6 Å². The third-order valence-electron chi connectivity index (χ3n) is 7.59. The molecule has 0 spiro atoms. The van der Waals surface area contributed by atoms with Gasteiger partial charge in [0.1, 0.15) is 0 Å². The summed E-state index contributed by atoms with van der Waals surface area (Å²) < 4.78 is 22.5. The van der Waals surface area contributed by atoms with Crippen LogP contribution >= 0.6 is 0 Å². The van der Waals surface area contributed by atoms with Gasteiger partial charge in [0.15, 0.2) is 11.6 Å². The minimum atomic E-state index is -1.25. The zero-order valence-electron chi connectivity index (χ0n) is 13.1. The maximum Gasteiger partial charge on any atom is 0.232 e. The number of fused-ring (bicyclic) bond motifs is 2. The van der Waals surface area contributed by atoms with Crippen molar-refractivity contribution in [3.8, 4) is 0 Å². The van der Waals surface area contributed by atoms with Gasteiger partial charge in [-0.1, -0.05) is 0 Å². The Hall–Kier alpha value is -0.820. The summed E-state index contributed by atoms with van der Waals surface area (Å²) in [6.07, 6.45) is 0. The lowest BCUT2D eigenvalue weighted by Crippen LogP contribution is -2.93. The van der Waals surface area contributed by atoms with Crippen LogP contribution in [0.5, 0.6) is 0 Å². The molecule has 8 saturated carbocycles. The highest BCUT2D eigenvalue weighted by Gasteiger charge is 2.92. The second-order valence-corrected chi connectivity index (χ2v) is 7.29. The van der Waals surface area contributed by atoms with Gasteiger partial charge in [-0.3, -0.25) is 9.59 Å². The Morgan fingerprint density at radius 1 is 0.636 bits per heavy atom. The molecule has 0 aromatic carbocycles. The van der Waals surface area contributed by atoms with Gasteiger partial charge in [0.25, 0.3) is 0 Å². The summed E-state index contributed by atoms with van der Waals surface area (Å²) in [6, 6.07) is 0. The molecule has 120 valence electrons. The second-order valence-electron chi connectivity index (χ2n) is 7.29. The van der Waals surface area contributed by atoms with E-state index in [0.717, 1.165) is 0 Å². The summed E-state index contributed by atoms with van der Waals surface area (Å²) in [4.78, 5) is 25.8. The molecule has 0 amide bonds. The Morgan fingerprint density at radius 2 is 0.955 bits per heavy atom. The largest absolute Gasteiger partial charge is 0.347 e. The SMILES string of the molecule is COC1(OC)C(=O)[C@H]2[C@H]3[C@@H]4[C@@H]5C(=O)C(OC)(OC)[C@@H]([C@@H]24)[C@H]1[C@@H]53. The molecule has 0 radical (unpaired) electrons. The number of methoxy groups -OCH3 is 4. The molecule has 0 heterocycles. The van der Waals surface area contributed by atoms with E-state index in [1.54, 1.807) is 0 Å². The highest BCUT2D eigenvalue weighted by Crippen LogP contribution is 2.84. The topological polar surface area (TPSA) is 71.1 Å². The maximum absolute atomic E-state index is 12.9. The average molecular weight is 308 g/mol. The van der Waals surface area contributed by atoms with E-state index in [1.807, 2.05) is 0 Å². The van der Waals surface area contributed by atoms with Gasteiger partial charge in [-0.2, -0.15) is 0 Å². The van der Waals surface area contributed by atoms with E-state index in [9.17, 15) is 9.59 Å². The molecule has 8 aliphatic rings. The van der Waals surface area contributed by atoms with Gasteiger partial charge < -0.3 is 18.9 Å². The summed E-state index contributed by atoms with van der Waals surface area (Å²) in [5.74, 6) is -1.83. The second kappa shape index (κ2) is 3.64. The molecule has 22 heavy (non-hydrogen) atoms. The molecule has 0 unspecified atom stereocenters. The van der Waals surface area contributed by atoms with Gasteiger partial charge in [-0.15, -0.1) is 0 Å². The Balaban J connectivity index is 1.72. The zero-order chi connectivity index (χ0) is 15.6. The Bertz CT molecular complexity index is 539. The Kier molecular flexibility index (Phi) is 2.25. The number of ether oxygens (including phenoxy) is 4. The first-order chi connectivity index (χ1) is 10.6. The lowest BCUT2D eigenvalue weighted by Gasteiger charge is -2.85. The van der Waals surface area contributed by atoms with Crippen LogP contribution in [0.2, 0.25) is 0 Å². The molecular weight excluding hydrogens is 288 g/mol. The fraction of sp³-hybridized carbons (Fsp3) is 0.875. The maximum atomic E-state index is 12.9. The van der Waals surface area contributed by atoms with Crippen LogP contribution in [0.1, 0.15) is 0 Å². The number of hydrogen-bond donors (Lipinski definition) is 0. The van der Waals surface area contributed by atoms with Crippen LogP contribution < -0.4 is 0 Å². The predicted octanol–water partition coefficient (Wildman–Crippen LogP) is 0.100. The molecule has 0 aromatic heterocycles. The van der Waals surface area contributed by atoms with Crippen molar-refractivity contribution in [3.63, 3.8) is 0 Å². The van der Waals surface area contributed by atoms with Crippen molar-refractivity contribution in [3.05, 3.63) is 0 Å². The van der Waals surface area contributed by atoms with Crippen molar-refractivity contribution in [2.24, 2.45) is 47.3 Å². The number of hydrogen-bond acceptors (Lipinski definition) is 6. The van der Waals surface area contributed by atoms with Crippen molar-refractivity contribution < 1.29 is 28.5 Å². The van der Waals surface area contributed by atoms with Gasteiger partial charge in [0, 0.05) is 52.1 Å². The van der Waals surface area contributed by atoms with Crippen LogP contribution in [-0.2, 0) is 28.5 Å². The van der Waals surface area contributed by atoms with Crippen LogP contribution in [0.4, 0.5) is 0 Å². The van der Waals surface area contributed by atoms with E-state index in [0.29, 0.717) is 11.8 Å². The number of Topliss-reactive ketones (excluding diaryl/α,β-unsaturated/α-hetero) is 2. The lowest BCUT2D eigenvalue weighted by atomic mass is 9.19. The fourth-order valence-corrected chi connectivity index (χ4v) is 7.16. The third-order valence-corrected chi connectivity index (χ3v) is 7.59. The highest BCUT2D eigenvalue weighted by molar-refractivity contribution is 6.00. The highest BCUT2D eigenvalue weighted by atomic mass is 16.7. The van der Waals surface area contributed by atoms with E-state index in [2.05, 4.69) is 0 Å². The monoisotopic (exact) mass is 308 g/mol. The summed E-state index contributed by atoms with van der Waals surface area (Å²) in [6.45, 7) is 0. The molecular formula is C16H20O6. The molecule has 0 aliphatic heterocycles. The van der Waals surface area contributed by atoms with E-state index in [1.165, 1.54) is 28.4 Å². The van der Waals surface area contributed by atoms with Gasteiger partial charge >= 0.3 is 0 Å². The van der Waals surface area contributed by atoms with Crippen LogP contribution in [0.3, 0.4) is 0 Å². The van der Waals surface area contributed by atoms with Gasteiger partial charge in [-0.25, -0.2) is 0 Å². The summed E-state index contributed by atoms with van der Waals surface area (Å²) in [5.41, 5.74) is 0. The first kappa shape index (κ1) is 13.6. The van der Waals surface area contributed by atoms with Crippen LogP contribution in [0.25, 0.3) is 0 Å². The molecule has 8 bridgehead atoms. The van der Waals surface area contributed by atoms with E-state index < -0.39 is 11.6 Å². The summed E-state index contributed by atoms with van der Waals surface area (Å²) in [7, 11) is 6.06. The smallest absolute Gasteiger partial charge is 0.232 e. The first-order valence-corrected chi connectivity index (χ1v) is 7.85. The Morgan fingerprint density at radius 3 is 1.23 bits per heavy atom. The van der Waals surface area contributed by atoms with Crippen molar-refractivity contribution in [1.29, 1.82) is 0 Å². The lowest BCUT2D eigenvalue weighted by molar-refractivity contribution is -0.437. The normalized spacial score (nSPS) is 54.2. The van der Waals surface area contributed by atoms with E-state index in [-0.39, 0.29) is 47.1 Å². The minimum absolute atomic E-state index is 0.0511. The van der Waals surface area contributed by atoms with Crippen molar-refractivity contribution in [2.75, 3.05) is 28.4 Å². The first-order valence-electron chi connectivity index (χ1n) is 7.85. The Labute approximate surface area is 128 Å². The molecule has 8 rings (SSSR count). The molecule has 6 heteroatoms. The van der Waals surface area contributed by atoms with E-state index >= 15 is 0 Å². The predicted molar refractivity (Wildman–Crippen MR) is 71.4 cm³/mol.